The molecule has 1 N–H and O–H groups in total. The van der Waals surface area contributed by atoms with Gasteiger partial charge in [0.05, 0.1) is 18.2 Å². The number of carbonyl (C=O) groups excluding carboxylic acids is 1. The number of nitrogens with zero attached hydrogens (tertiary/aromatic N) is 3. The summed E-state index contributed by atoms with van der Waals surface area (Å²) in [5.41, 5.74) is 4.93. The molecule has 1 aromatic heterocycles. The molecule has 1 atom stereocenters. The molecule has 0 radical (unpaired) electrons. The van der Waals surface area contributed by atoms with E-state index in [1.807, 2.05) is 32.0 Å². The number of aromatic nitrogens is 2. The first-order valence-corrected chi connectivity index (χ1v) is 11.2. The lowest BCUT2D eigenvalue weighted by Crippen LogP contribution is -2.24. The Morgan fingerprint density at radius 3 is 2.84 bits per heavy atom. The zero-order valence-corrected chi connectivity index (χ0v) is 18.6. The standard InChI is InChI=1S/C24H24N4O2S/c1-14(2)30-22-10-7-16(11-17(22)12-25)23-27-28-24(31-23)20-6-4-5-19-18(20)8-9-21(19)26-13-15(3)29/h4-7,10-11,14,21,26H,8-9,13H2,1-3H3/t21-/m1/s1. The first kappa shape index (κ1) is 21.2. The van der Waals surface area contributed by atoms with Crippen molar-refractivity contribution in [3.05, 3.63) is 53.1 Å². The third-order valence-corrected chi connectivity index (χ3v) is 6.24. The summed E-state index contributed by atoms with van der Waals surface area (Å²) in [5.74, 6) is 0.718. The van der Waals surface area contributed by atoms with Crippen molar-refractivity contribution in [1.29, 1.82) is 5.26 Å². The van der Waals surface area contributed by atoms with Crippen molar-refractivity contribution in [2.75, 3.05) is 6.54 Å². The molecule has 0 bridgehead atoms. The fourth-order valence-corrected chi connectivity index (χ4v) is 4.78. The SMILES string of the molecule is CC(=O)CN[C@@H]1CCc2c(-c3nnc(-c4ccc(OC(C)C)c(C#N)c4)s3)cccc21. The molecule has 1 heterocycles. The number of rotatable bonds is 7. The van der Waals surface area contributed by atoms with Crippen molar-refractivity contribution in [2.24, 2.45) is 0 Å². The topological polar surface area (TPSA) is 87.9 Å². The monoisotopic (exact) mass is 432 g/mol. The number of ketones is 1. The summed E-state index contributed by atoms with van der Waals surface area (Å²) >= 11 is 1.52. The van der Waals surface area contributed by atoms with E-state index in [1.54, 1.807) is 13.0 Å². The highest BCUT2D eigenvalue weighted by Gasteiger charge is 2.26. The second-order valence-electron chi connectivity index (χ2n) is 7.95. The van der Waals surface area contributed by atoms with Crippen LogP contribution in [-0.4, -0.2) is 28.6 Å². The maximum atomic E-state index is 11.4. The molecule has 0 amide bonds. The second kappa shape index (κ2) is 8.96. The molecule has 6 nitrogen and oxygen atoms in total. The molecule has 158 valence electrons. The number of nitrogens with one attached hydrogen (secondary N) is 1. The molecule has 1 aliphatic carbocycles. The van der Waals surface area contributed by atoms with E-state index in [0.29, 0.717) is 17.9 Å². The Labute approximate surface area is 185 Å². The number of carbonyl (C=O) groups is 1. The lowest BCUT2D eigenvalue weighted by molar-refractivity contribution is -0.116. The van der Waals surface area contributed by atoms with Gasteiger partial charge in [-0.1, -0.05) is 29.5 Å². The zero-order valence-electron chi connectivity index (χ0n) is 17.8. The molecular weight excluding hydrogens is 408 g/mol. The molecule has 31 heavy (non-hydrogen) atoms. The average molecular weight is 433 g/mol. The number of fused-ring (bicyclic) bond motifs is 1. The van der Waals surface area contributed by atoms with Crippen molar-refractivity contribution >= 4 is 17.1 Å². The van der Waals surface area contributed by atoms with Crippen molar-refractivity contribution in [2.45, 2.75) is 45.8 Å². The van der Waals surface area contributed by atoms with E-state index in [-0.39, 0.29) is 17.9 Å². The minimum Gasteiger partial charge on any atom is -0.490 e. The fourth-order valence-electron chi connectivity index (χ4n) is 3.89. The van der Waals surface area contributed by atoms with Crippen LogP contribution in [-0.2, 0) is 11.2 Å². The van der Waals surface area contributed by atoms with Crippen LogP contribution in [0.1, 0.15) is 49.9 Å². The number of nitriles is 1. The lowest BCUT2D eigenvalue weighted by atomic mass is 10.0. The zero-order chi connectivity index (χ0) is 22.0. The van der Waals surface area contributed by atoms with Crippen LogP contribution in [0.25, 0.3) is 21.1 Å². The Kier molecular flexibility index (Phi) is 6.12. The van der Waals surface area contributed by atoms with Gasteiger partial charge in [-0.15, -0.1) is 10.2 Å². The second-order valence-corrected chi connectivity index (χ2v) is 8.93. The van der Waals surface area contributed by atoms with Crippen molar-refractivity contribution in [1.82, 2.24) is 15.5 Å². The summed E-state index contributed by atoms with van der Waals surface area (Å²) in [6, 6.07) is 14.2. The van der Waals surface area contributed by atoms with Gasteiger partial charge >= 0.3 is 0 Å². The Balaban J connectivity index is 1.62. The van der Waals surface area contributed by atoms with Crippen LogP contribution in [0.4, 0.5) is 0 Å². The quantitative estimate of drug-likeness (QED) is 0.582. The lowest BCUT2D eigenvalue weighted by Gasteiger charge is -2.13. The van der Waals surface area contributed by atoms with Gasteiger partial charge < -0.3 is 10.1 Å². The summed E-state index contributed by atoms with van der Waals surface area (Å²) in [6.07, 6.45) is 1.91. The van der Waals surface area contributed by atoms with E-state index in [2.05, 4.69) is 33.7 Å². The Morgan fingerprint density at radius 1 is 1.29 bits per heavy atom. The number of hydrogen-bond donors (Lipinski definition) is 1. The maximum absolute atomic E-state index is 11.4. The van der Waals surface area contributed by atoms with Gasteiger partial charge in [-0.3, -0.25) is 4.79 Å². The van der Waals surface area contributed by atoms with Crippen LogP contribution < -0.4 is 10.1 Å². The highest BCUT2D eigenvalue weighted by molar-refractivity contribution is 7.17. The van der Waals surface area contributed by atoms with Crippen LogP contribution in [0, 0.1) is 11.3 Å². The van der Waals surface area contributed by atoms with Gasteiger partial charge in [0, 0.05) is 17.2 Å². The Hall–Kier alpha value is -3.08. The van der Waals surface area contributed by atoms with Crippen LogP contribution in [0.2, 0.25) is 0 Å². The van der Waals surface area contributed by atoms with Crippen LogP contribution >= 0.6 is 11.3 Å². The summed E-state index contributed by atoms with van der Waals surface area (Å²) in [7, 11) is 0. The Bertz CT molecular complexity index is 1160. The van der Waals surface area contributed by atoms with Crippen molar-refractivity contribution in [3.63, 3.8) is 0 Å². The summed E-state index contributed by atoms with van der Waals surface area (Å²) in [6.45, 7) is 5.85. The van der Waals surface area contributed by atoms with Gasteiger partial charge in [0.25, 0.3) is 0 Å². The van der Waals surface area contributed by atoms with Gasteiger partial charge in [0.15, 0.2) is 0 Å². The molecule has 3 aromatic rings. The predicted molar refractivity (Wildman–Crippen MR) is 121 cm³/mol. The van der Waals surface area contributed by atoms with E-state index < -0.39 is 0 Å². The van der Waals surface area contributed by atoms with Crippen LogP contribution in [0.3, 0.4) is 0 Å². The number of Topliss-reactive ketones (excluding diaryl/α,β-unsaturated/α-hetero) is 1. The van der Waals surface area contributed by atoms with Crippen molar-refractivity contribution < 1.29 is 9.53 Å². The van der Waals surface area contributed by atoms with Gasteiger partial charge in [0.1, 0.15) is 27.6 Å². The normalized spacial score (nSPS) is 15.0. The third kappa shape index (κ3) is 4.50. The molecule has 0 saturated carbocycles. The van der Waals surface area contributed by atoms with E-state index in [9.17, 15) is 10.1 Å². The smallest absolute Gasteiger partial charge is 0.148 e. The molecule has 0 spiro atoms. The molecule has 0 unspecified atom stereocenters. The van der Waals surface area contributed by atoms with E-state index in [0.717, 1.165) is 34.0 Å². The highest BCUT2D eigenvalue weighted by atomic mass is 32.1. The molecule has 4 rings (SSSR count). The molecule has 2 aromatic carbocycles. The largest absolute Gasteiger partial charge is 0.490 e. The number of benzene rings is 2. The average Bonchev–Trinajstić information content (AvgIpc) is 3.39. The molecule has 1 aliphatic rings. The van der Waals surface area contributed by atoms with E-state index in [1.165, 1.54) is 22.5 Å². The van der Waals surface area contributed by atoms with E-state index >= 15 is 0 Å². The predicted octanol–water partition coefficient (Wildman–Crippen LogP) is 4.70. The number of ether oxygens (including phenoxy) is 1. The minimum atomic E-state index is 0.0000187. The van der Waals surface area contributed by atoms with E-state index in [4.69, 9.17) is 4.74 Å². The van der Waals surface area contributed by atoms with Crippen LogP contribution in [0.15, 0.2) is 36.4 Å². The molecule has 7 heteroatoms. The van der Waals surface area contributed by atoms with Crippen LogP contribution in [0.5, 0.6) is 5.75 Å². The van der Waals surface area contributed by atoms with Gasteiger partial charge in [-0.05, 0) is 62.9 Å². The first-order chi connectivity index (χ1) is 15.0. The molecular formula is C24H24N4O2S. The van der Waals surface area contributed by atoms with Crippen molar-refractivity contribution in [3.8, 4) is 33.0 Å². The molecule has 0 fully saturated rings. The fraction of sp³-hybridized carbons (Fsp3) is 0.333. The molecule has 0 saturated heterocycles. The first-order valence-electron chi connectivity index (χ1n) is 10.4. The van der Waals surface area contributed by atoms with Gasteiger partial charge in [-0.25, -0.2) is 0 Å². The molecule has 0 aliphatic heterocycles. The maximum Gasteiger partial charge on any atom is 0.148 e. The summed E-state index contributed by atoms with van der Waals surface area (Å²) in [4.78, 5) is 11.4. The van der Waals surface area contributed by atoms with Gasteiger partial charge in [0.2, 0.25) is 0 Å². The van der Waals surface area contributed by atoms with Gasteiger partial charge in [-0.2, -0.15) is 5.26 Å². The highest BCUT2D eigenvalue weighted by Crippen LogP contribution is 2.40. The minimum absolute atomic E-state index is 0.0000187. The Morgan fingerprint density at radius 2 is 2.10 bits per heavy atom. The summed E-state index contributed by atoms with van der Waals surface area (Å²) in [5, 5.41) is 23.3. The number of hydrogen-bond acceptors (Lipinski definition) is 7. The third-order valence-electron chi connectivity index (χ3n) is 5.23. The summed E-state index contributed by atoms with van der Waals surface area (Å²) < 4.78 is 5.71.